The van der Waals surface area contributed by atoms with E-state index in [-0.39, 0.29) is 31.1 Å². The Morgan fingerprint density at radius 3 is 2.45 bits per heavy atom. The number of benzene rings is 2. The molecule has 2 aromatic rings. The molecule has 33 heavy (non-hydrogen) atoms. The van der Waals surface area contributed by atoms with Crippen LogP contribution >= 0.6 is 0 Å². The second kappa shape index (κ2) is 11.0. The summed E-state index contributed by atoms with van der Waals surface area (Å²) < 4.78 is 11.3. The Morgan fingerprint density at radius 2 is 1.73 bits per heavy atom. The maximum Gasteiger partial charge on any atom is 0.290 e. The fraction of sp³-hybridized carbons (Fsp3) is 0.520. The number of hydrogen-bond donors (Lipinski definition) is 2. The van der Waals surface area contributed by atoms with Gasteiger partial charge in [-0.1, -0.05) is 30.3 Å². The second-order valence-electron chi connectivity index (χ2n) is 8.98. The maximum atomic E-state index is 12.8. The van der Waals surface area contributed by atoms with Crippen LogP contribution in [0.1, 0.15) is 12.8 Å². The summed E-state index contributed by atoms with van der Waals surface area (Å²) in [6, 6.07) is 14.2. The molecule has 2 saturated heterocycles. The number of ether oxygens (including phenoxy) is 2. The van der Waals surface area contributed by atoms with Crippen molar-refractivity contribution < 1.29 is 29.3 Å². The number of aliphatic hydroxyl groups excluding tert-OH is 1. The number of hydrogen-bond acceptors (Lipinski definition) is 6. The molecule has 1 aliphatic carbocycles. The highest BCUT2D eigenvalue weighted by Gasteiger charge is 2.44. The van der Waals surface area contributed by atoms with Crippen molar-refractivity contribution in [1.82, 2.24) is 9.80 Å². The lowest BCUT2D eigenvalue weighted by Gasteiger charge is -2.43. The van der Waals surface area contributed by atoms with Crippen molar-refractivity contribution in [2.24, 2.45) is 11.8 Å². The van der Waals surface area contributed by atoms with E-state index in [0.29, 0.717) is 11.8 Å². The minimum atomic E-state index is -0.312. The van der Waals surface area contributed by atoms with Crippen molar-refractivity contribution in [1.29, 1.82) is 0 Å². The van der Waals surface area contributed by atoms with Crippen LogP contribution in [0.2, 0.25) is 0 Å². The second-order valence-corrected chi connectivity index (χ2v) is 8.98. The average Bonchev–Trinajstić information content (AvgIpc) is 3.26. The molecule has 2 aliphatic heterocycles. The molecule has 5 rings (SSSR count). The molecular weight excluding hydrogens is 424 g/mol. The molecule has 2 aromatic carbocycles. The summed E-state index contributed by atoms with van der Waals surface area (Å²) in [6.45, 7) is 4.59. The van der Waals surface area contributed by atoms with E-state index in [1.54, 1.807) is 0 Å². The smallest absolute Gasteiger partial charge is 0.290 e. The normalized spacial score (nSPS) is 27.4. The lowest BCUT2D eigenvalue weighted by atomic mass is 9.77. The average molecular weight is 457 g/mol. The van der Waals surface area contributed by atoms with E-state index in [1.165, 1.54) is 0 Å². The number of fused-ring (bicyclic) bond motifs is 2. The molecule has 1 amide bonds. The molecule has 2 heterocycles. The van der Waals surface area contributed by atoms with E-state index < -0.39 is 0 Å². The predicted octanol–water partition coefficient (Wildman–Crippen LogP) is 1.85. The van der Waals surface area contributed by atoms with Crippen molar-refractivity contribution in [3.8, 4) is 5.75 Å². The fourth-order valence-corrected chi connectivity index (χ4v) is 5.41. The first-order valence-electron chi connectivity index (χ1n) is 11.6. The van der Waals surface area contributed by atoms with Gasteiger partial charge in [-0.15, -0.1) is 0 Å². The molecule has 0 bridgehead atoms. The third kappa shape index (κ3) is 5.63. The molecule has 8 nitrogen and oxygen atoms in total. The monoisotopic (exact) mass is 456 g/mol. The van der Waals surface area contributed by atoms with Crippen LogP contribution in [-0.2, 0) is 14.3 Å². The van der Waals surface area contributed by atoms with Crippen molar-refractivity contribution in [3.63, 3.8) is 0 Å². The molecule has 0 unspecified atom stereocenters. The van der Waals surface area contributed by atoms with Crippen molar-refractivity contribution in [3.05, 3.63) is 42.5 Å². The molecule has 3 aliphatic rings. The Hall–Kier alpha value is -2.68. The number of nitrogens with zero attached hydrogens (tertiary/aromatic N) is 2. The van der Waals surface area contributed by atoms with E-state index in [2.05, 4.69) is 11.0 Å². The standard InChI is InChI=1S/C24H30N2O4.CH2O2/c27-23-13-20-15-26(14-19(20)12-22(23)25-7-9-29-10-8-25)24(28)16-30-21-6-5-17-3-1-2-4-18(17)11-21;2-1-3/h1-6,11,19-20,22-23,27H,7-10,12-16H2;1H,(H,2,3)/t19-,20+,22-,23-;/m1./s1. The van der Waals surface area contributed by atoms with Gasteiger partial charge in [-0.25, -0.2) is 0 Å². The van der Waals surface area contributed by atoms with Gasteiger partial charge in [-0.2, -0.15) is 0 Å². The Morgan fingerprint density at radius 1 is 1.06 bits per heavy atom. The zero-order valence-electron chi connectivity index (χ0n) is 18.7. The van der Waals surface area contributed by atoms with E-state index in [1.807, 2.05) is 41.3 Å². The summed E-state index contributed by atoms with van der Waals surface area (Å²) in [5, 5.41) is 19.9. The van der Waals surface area contributed by atoms with Gasteiger partial charge in [-0.3, -0.25) is 14.5 Å². The largest absolute Gasteiger partial charge is 0.484 e. The zero-order valence-corrected chi connectivity index (χ0v) is 18.7. The number of likely N-dealkylation sites (tertiary alicyclic amines) is 1. The molecule has 178 valence electrons. The minimum Gasteiger partial charge on any atom is -0.484 e. The van der Waals surface area contributed by atoms with Gasteiger partial charge < -0.3 is 24.6 Å². The molecule has 0 radical (unpaired) electrons. The van der Waals surface area contributed by atoms with E-state index >= 15 is 0 Å². The van der Waals surface area contributed by atoms with Crippen LogP contribution in [0.5, 0.6) is 5.75 Å². The number of carbonyl (C=O) groups is 2. The Kier molecular flexibility index (Phi) is 7.80. The number of carbonyl (C=O) groups excluding carboxylic acids is 1. The molecule has 8 heteroatoms. The minimum absolute atomic E-state index is 0.0370. The Labute approximate surface area is 193 Å². The number of morpholine rings is 1. The van der Waals surface area contributed by atoms with E-state index in [0.717, 1.165) is 68.8 Å². The topological polar surface area (TPSA) is 99.5 Å². The third-order valence-corrected chi connectivity index (χ3v) is 7.06. The third-order valence-electron chi connectivity index (χ3n) is 7.06. The summed E-state index contributed by atoms with van der Waals surface area (Å²) in [5.41, 5.74) is 0. The fourth-order valence-electron chi connectivity index (χ4n) is 5.41. The predicted molar refractivity (Wildman–Crippen MR) is 123 cm³/mol. The molecule has 1 saturated carbocycles. The number of amides is 1. The van der Waals surface area contributed by atoms with E-state index in [9.17, 15) is 9.90 Å². The first-order valence-corrected chi connectivity index (χ1v) is 11.6. The van der Waals surface area contributed by atoms with Crippen molar-refractivity contribution in [2.75, 3.05) is 46.0 Å². The number of aliphatic hydroxyl groups is 1. The summed E-state index contributed by atoms with van der Waals surface area (Å²) in [4.78, 5) is 25.5. The van der Waals surface area contributed by atoms with Gasteiger partial charge in [-0.05, 0) is 47.6 Å². The van der Waals surface area contributed by atoms with Gasteiger partial charge in [0.25, 0.3) is 12.4 Å². The number of carboxylic acid groups (broad SMARTS) is 1. The highest BCUT2D eigenvalue weighted by molar-refractivity contribution is 5.84. The molecular formula is C25H32N2O6. The lowest BCUT2D eigenvalue weighted by molar-refractivity contribution is -0.132. The first-order chi connectivity index (χ1) is 16.1. The van der Waals surface area contributed by atoms with Crippen molar-refractivity contribution >= 4 is 23.2 Å². The van der Waals surface area contributed by atoms with Gasteiger partial charge in [0, 0.05) is 32.2 Å². The van der Waals surface area contributed by atoms with Crippen LogP contribution in [0.15, 0.2) is 42.5 Å². The van der Waals surface area contributed by atoms with Crippen LogP contribution in [0.4, 0.5) is 0 Å². The Bertz CT molecular complexity index is 947. The van der Waals surface area contributed by atoms with Crippen LogP contribution < -0.4 is 4.74 Å². The van der Waals surface area contributed by atoms with Crippen LogP contribution in [-0.4, -0.2) is 90.5 Å². The summed E-state index contributed by atoms with van der Waals surface area (Å²) >= 11 is 0. The highest BCUT2D eigenvalue weighted by Crippen LogP contribution is 2.38. The van der Waals surface area contributed by atoms with E-state index in [4.69, 9.17) is 19.4 Å². The highest BCUT2D eigenvalue weighted by atomic mass is 16.5. The molecule has 3 fully saturated rings. The van der Waals surface area contributed by atoms with Crippen LogP contribution in [0, 0.1) is 11.8 Å². The number of rotatable bonds is 4. The van der Waals surface area contributed by atoms with Gasteiger partial charge in [0.2, 0.25) is 0 Å². The Balaban J connectivity index is 0.000000821. The molecule has 4 atom stereocenters. The van der Waals surface area contributed by atoms with Gasteiger partial charge in [0.15, 0.2) is 6.61 Å². The zero-order chi connectivity index (χ0) is 23.2. The maximum absolute atomic E-state index is 12.8. The molecule has 0 spiro atoms. The van der Waals surface area contributed by atoms with Gasteiger partial charge in [0.1, 0.15) is 5.75 Å². The summed E-state index contributed by atoms with van der Waals surface area (Å²) in [6.07, 6.45) is 1.43. The summed E-state index contributed by atoms with van der Waals surface area (Å²) in [5.74, 6) is 1.62. The lowest BCUT2D eigenvalue weighted by Crippen LogP contribution is -2.53. The quantitative estimate of drug-likeness (QED) is 0.678. The first kappa shape index (κ1) is 23.5. The summed E-state index contributed by atoms with van der Waals surface area (Å²) in [7, 11) is 0. The van der Waals surface area contributed by atoms with Gasteiger partial charge in [0.05, 0.1) is 19.3 Å². The van der Waals surface area contributed by atoms with Gasteiger partial charge >= 0.3 is 0 Å². The van der Waals surface area contributed by atoms with Crippen LogP contribution in [0.3, 0.4) is 0 Å². The molecule has 2 N–H and O–H groups in total. The SMILES string of the molecule is O=C(COc1ccc2ccccc2c1)N1C[C@H]2C[C@@H](N3CCOCC3)[C@H](O)C[C@H]2C1.O=CO. The van der Waals surface area contributed by atoms with Crippen molar-refractivity contribution in [2.45, 2.75) is 25.0 Å². The molecule has 0 aromatic heterocycles. The van der Waals surface area contributed by atoms with Crippen LogP contribution in [0.25, 0.3) is 10.8 Å².